The van der Waals surface area contributed by atoms with E-state index in [-0.39, 0.29) is 17.3 Å². The molecule has 1 aromatic rings. The highest BCUT2D eigenvalue weighted by Crippen LogP contribution is 2.22. The molecule has 0 saturated heterocycles. The van der Waals surface area contributed by atoms with Crippen LogP contribution in [0.1, 0.15) is 38.7 Å². The van der Waals surface area contributed by atoms with Gasteiger partial charge in [0.2, 0.25) is 0 Å². The Morgan fingerprint density at radius 1 is 1.24 bits per heavy atom. The lowest BCUT2D eigenvalue weighted by Crippen LogP contribution is -2.21. The largest absolute Gasteiger partial charge is 0.376 e. The van der Waals surface area contributed by atoms with E-state index in [1.807, 2.05) is 20.8 Å². The average molecular weight is 259 g/mol. The maximum Gasteiger partial charge on any atom is 0.123 e. The third-order valence-electron chi connectivity index (χ3n) is 2.53. The minimum absolute atomic E-state index is 0.125. The van der Waals surface area contributed by atoms with E-state index in [9.17, 15) is 4.39 Å². The number of ether oxygens (including phenoxy) is 1. The molecule has 3 heteroatoms. The molecule has 0 saturated carbocycles. The van der Waals surface area contributed by atoms with Crippen LogP contribution < -0.4 is 0 Å². The van der Waals surface area contributed by atoms with Crippen molar-refractivity contribution in [2.24, 2.45) is 0 Å². The van der Waals surface area contributed by atoms with Crippen molar-refractivity contribution in [3.05, 3.63) is 35.6 Å². The number of alkyl halides is 1. The maximum atomic E-state index is 12.8. The van der Waals surface area contributed by atoms with Crippen LogP contribution in [0.5, 0.6) is 0 Å². The Balaban J connectivity index is 2.51. The van der Waals surface area contributed by atoms with E-state index in [1.54, 1.807) is 12.1 Å². The molecule has 1 unspecified atom stereocenters. The number of benzene rings is 1. The van der Waals surface area contributed by atoms with Crippen molar-refractivity contribution >= 4 is 11.6 Å². The zero-order valence-electron chi connectivity index (χ0n) is 10.7. The van der Waals surface area contributed by atoms with E-state index in [0.717, 1.165) is 12.0 Å². The first-order valence-corrected chi connectivity index (χ1v) is 6.41. The Hall–Kier alpha value is -0.600. The van der Waals surface area contributed by atoms with E-state index in [0.29, 0.717) is 12.5 Å². The molecular weight excluding hydrogens is 239 g/mol. The van der Waals surface area contributed by atoms with Gasteiger partial charge in [-0.3, -0.25) is 0 Å². The normalized spacial score (nSPS) is 13.7. The van der Waals surface area contributed by atoms with Gasteiger partial charge in [0.25, 0.3) is 0 Å². The van der Waals surface area contributed by atoms with Crippen molar-refractivity contribution in [3.63, 3.8) is 0 Å². The van der Waals surface area contributed by atoms with Gasteiger partial charge in [-0.15, -0.1) is 11.6 Å². The van der Waals surface area contributed by atoms with Gasteiger partial charge in [0.1, 0.15) is 5.82 Å². The molecule has 0 aliphatic carbocycles. The molecule has 0 aromatic heterocycles. The van der Waals surface area contributed by atoms with Gasteiger partial charge in [0.05, 0.1) is 5.60 Å². The van der Waals surface area contributed by atoms with Crippen LogP contribution in [-0.2, 0) is 4.74 Å². The van der Waals surface area contributed by atoms with Crippen LogP contribution in [0.15, 0.2) is 24.3 Å². The summed E-state index contributed by atoms with van der Waals surface area (Å²) in [6.45, 7) is 6.75. The Morgan fingerprint density at radius 2 is 1.82 bits per heavy atom. The molecule has 17 heavy (non-hydrogen) atoms. The highest BCUT2D eigenvalue weighted by atomic mass is 35.5. The molecule has 0 amide bonds. The van der Waals surface area contributed by atoms with Crippen molar-refractivity contribution in [2.75, 3.05) is 12.5 Å². The summed E-state index contributed by atoms with van der Waals surface area (Å²) < 4.78 is 18.5. The van der Waals surface area contributed by atoms with Crippen LogP contribution in [0, 0.1) is 5.82 Å². The molecule has 1 atom stereocenters. The standard InChI is InChI=1S/C14H20ClFO/c1-14(2,3)17-9-8-12(10-15)11-4-6-13(16)7-5-11/h4-7,12H,8-10H2,1-3H3. The highest BCUT2D eigenvalue weighted by Gasteiger charge is 2.14. The number of hydrogen-bond acceptors (Lipinski definition) is 1. The first kappa shape index (κ1) is 14.5. The third kappa shape index (κ3) is 5.51. The van der Waals surface area contributed by atoms with Crippen molar-refractivity contribution in [2.45, 2.75) is 38.7 Å². The zero-order valence-corrected chi connectivity index (χ0v) is 11.4. The molecule has 0 heterocycles. The molecule has 0 aliphatic rings. The van der Waals surface area contributed by atoms with Crippen molar-refractivity contribution < 1.29 is 9.13 Å². The van der Waals surface area contributed by atoms with Crippen LogP contribution in [-0.4, -0.2) is 18.1 Å². The van der Waals surface area contributed by atoms with Crippen molar-refractivity contribution in [1.29, 1.82) is 0 Å². The van der Waals surface area contributed by atoms with Crippen LogP contribution in [0.3, 0.4) is 0 Å². The van der Waals surface area contributed by atoms with E-state index in [1.165, 1.54) is 12.1 Å². The Morgan fingerprint density at radius 3 is 2.29 bits per heavy atom. The summed E-state index contributed by atoms with van der Waals surface area (Å²) in [5.74, 6) is 0.534. The molecule has 0 fully saturated rings. The maximum absolute atomic E-state index is 12.8. The predicted octanol–water partition coefficient (Wildman–Crippen LogP) is 4.35. The number of halogens is 2. The van der Waals surface area contributed by atoms with Gasteiger partial charge in [0.15, 0.2) is 0 Å². The van der Waals surface area contributed by atoms with Gasteiger partial charge in [0, 0.05) is 12.5 Å². The highest BCUT2D eigenvalue weighted by molar-refractivity contribution is 6.18. The van der Waals surface area contributed by atoms with Crippen LogP contribution in [0.25, 0.3) is 0 Å². The predicted molar refractivity (Wildman–Crippen MR) is 70.2 cm³/mol. The van der Waals surface area contributed by atoms with Gasteiger partial charge >= 0.3 is 0 Å². The molecule has 0 spiro atoms. The molecule has 0 N–H and O–H groups in total. The smallest absolute Gasteiger partial charge is 0.123 e. The fourth-order valence-corrected chi connectivity index (χ4v) is 1.91. The fourth-order valence-electron chi connectivity index (χ4n) is 1.58. The summed E-state index contributed by atoms with van der Waals surface area (Å²) in [5.41, 5.74) is 0.943. The SMILES string of the molecule is CC(C)(C)OCCC(CCl)c1ccc(F)cc1. The quantitative estimate of drug-likeness (QED) is 0.714. The summed E-state index contributed by atoms with van der Waals surface area (Å²) in [4.78, 5) is 0. The van der Waals surface area contributed by atoms with Crippen molar-refractivity contribution in [1.82, 2.24) is 0 Å². The second kappa shape index (κ2) is 6.36. The second-order valence-electron chi connectivity index (χ2n) is 5.15. The molecule has 1 aromatic carbocycles. The Kier molecular flexibility index (Phi) is 5.41. The number of hydrogen-bond donors (Lipinski definition) is 0. The molecular formula is C14H20ClFO. The molecule has 0 aliphatic heterocycles. The van der Waals surface area contributed by atoms with Gasteiger partial charge in [-0.05, 0) is 50.8 Å². The lowest BCUT2D eigenvalue weighted by molar-refractivity contribution is -0.00565. The third-order valence-corrected chi connectivity index (χ3v) is 2.90. The second-order valence-corrected chi connectivity index (χ2v) is 5.46. The zero-order chi connectivity index (χ0) is 12.9. The molecule has 0 radical (unpaired) electrons. The Bertz CT molecular complexity index is 329. The summed E-state index contributed by atoms with van der Waals surface area (Å²) in [6.07, 6.45) is 0.854. The minimum Gasteiger partial charge on any atom is -0.376 e. The van der Waals surface area contributed by atoms with E-state index in [4.69, 9.17) is 16.3 Å². The monoisotopic (exact) mass is 258 g/mol. The molecule has 1 nitrogen and oxygen atoms in total. The summed E-state index contributed by atoms with van der Waals surface area (Å²) in [5, 5.41) is 0. The molecule has 1 rings (SSSR count). The van der Waals surface area contributed by atoms with Gasteiger partial charge in [-0.25, -0.2) is 4.39 Å². The van der Waals surface area contributed by atoms with Crippen LogP contribution in [0.4, 0.5) is 4.39 Å². The van der Waals surface area contributed by atoms with Crippen LogP contribution in [0.2, 0.25) is 0 Å². The first-order valence-electron chi connectivity index (χ1n) is 5.88. The number of rotatable bonds is 5. The lowest BCUT2D eigenvalue weighted by atomic mass is 9.98. The van der Waals surface area contributed by atoms with Crippen LogP contribution >= 0.6 is 11.6 Å². The first-order chi connectivity index (χ1) is 7.92. The minimum atomic E-state index is -0.215. The van der Waals surface area contributed by atoms with E-state index >= 15 is 0 Å². The van der Waals surface area contributed by atoms with Gasteiger partial charge in [-0.2, -0.15) is 0 Å². The summed E-state index contributed by atoms with van der Waals surface area (Å²) in [7, 11) is 0. The fraction of sp³-hybridized carbons (Fsp3) is 0.571. The van der Waals surface area contributed by atoms with Crippen molar-refractivity contribution in [3.8, 4) is 0 Å². The molecule has 0 bridgehead atoms. The summed E-state index contributed by atoms with van der Waals surface area (Å²) >= 11 is 5.94. The topological polar surface area (TPSA) is 9.23 Å². The van der Waals surface area contributed by atoms with E-state index < -0.39 is 0 Å². The van der Waals surface area contributed by atoms with Gasteiger partial charge < -0.3 is 4.74 Å². The molecule has 96 valence electrons. The van der Waals surface area contributed by atoms with Gasteiger partial charge in [-0.1, -0.05) is 12.1 Å². The van der Waals surface area contributed by atoms with E-state index in [2.05, 4.69) is 0 Å². The Labute approximate surface area is 108 Å². The lowest BCUT2D eigenvalue weighted by Gasteiger charge is -2.21. The summed E-state index contributed by atoms with van der Waals surface area (Å²) in [6, 6.07) is 6.53. The average Bonchev–Trinajstić information content (AvgIpc) is 2.24.